The van der Waals surface area contributed by atoms with E-state index >= 15 is 0 Å². The zero-order chi connectivity index (χ0) is 17.4. The molecule has 1 atom stereocenters. The molecule has 2 aliphatic rings. The summed E-state index contributed by atoms with van der Waals surface area (Å²) in [4.78, 5) is 31.9. The third kappa shape index (κ3) is 3.10. The first-order valence-electron chi connectivity index (χ1n) is 7.67. The second kappa shape index (κ2) is 6.43. The number of nitrogens with zero attached hydrogens (tertiary/aromatic N) is 6. The third-order valence-electron chi connectivity index (χ3n) is 4.12. The summed E-state index contributed by atoms with van der Waals surface area (Å²) in [7, 11) is 1.89. The van der Waals surface area contributed by atoms with Gasteiger partial charge in [-0.15, -0.1) is 0 Å². The van der Waals surface area contributed by atoms with Gasteiger partial charge in [-0.25, -0.2) is 19.4 Å². The van der Waals surface area contributed by atoms with Crippen molar-refractivity contribution in [1.29, 1.82) is 0 Å². The summed E-state index contributed by atoms with van der Waals surface area (Å²) in [6.45, 7) is 4.85. The number of likely N-dealkylation sites (tertiary alicyclic amines) is 1. The van der Waals surface area contributed by atoms with E-state index in [0.717, 1.165) is 0 Å². The second-order valence-corrected chi connectivity index (χ2v) is 6.61. The fourth-order valence-corrected chi connectivity index (χ4v) is 2.65. The van der Waals surface area contributed by atoms with Crippen LogP contribution in [0.5, 0.6) is 0 Å². The van der Waals surface area contributed by atoms with Gasteiger partial charge in [0.05, 0.1) is 29.2 Å². The highest BCUT2D eigenvalue weighted by Gasteiger charge is 2.37. The van der Waals surface area contributed by atoms with Gasteiger partial charge in [-0.05, 0) is 5.92 Å². The highest BCUT2D eigenvalue weighted by atomic mass is 35.5. The first kappa shape index (κ1) is 16.8. The van der Waals surface area contributed by atoms with Crippen molar-refractivity contribution in [2.45, 2.75) is 26.1 Å². The smallest absolute Gasteiger partial charge is 0.289 e. The summed E-state index contributed by atoms with van der Waals surface area (Å²) in [6, 6.07) is 0.157. The van der Waals surface area contributed by atoms with Crippen molar-refractivity contribution in [3.05, 3.63) is 17.4 Å². The van der Waals surface area contributed by atoms with E-state index in [0.29, 0.717) is 30.0 Å². The number of rotatable bonds is 3. The predicted molar refractivity (Wildman–Crippen MR) is 90.4 cm³/mol. The largest absolute Gasteiger partial charge is 0.337 e. The normalized spacial score (nSPS) is 21.5. The maximum absolute atomic E-state index is 13.9. The molecular formula is C15H18ClFN6O. The Balaban J connectivity index is 1.67. The number of guanidine groups is 1. The second-order valence-electron chi connectivity index (χ2n) is 6.17. The van der Waals surface area contributed by atoms with E-state index in [1.54, 1.807) is 12.4 Å². The van der Waals surface area contributed by atoms with E-state index in [4.69, 9.17) is 11.6 Å². The van der Waals surface area contributed by atoms with Gasteiger partial charge in [0.2, 0.25) is 18.1 Å². The molecule has 9 heteroatoms. The van der Waals surface area contributed by atoms with Gasteiger partial charge in [-0.2, -0.15) is 4.99 Å². The number of carbonyl (C=O) groups excluding carboxylic acids is 1. The predicted octanol–water partition coefficient (Wildman–Crippen LogP) is 1.58. The van der Waals surface area contributed by atoms with Crippen LogP contribution in [0.25, 0.3) is 0 Å². The fraction of sp³-hybridized carbons (Fsp3) is 0.533. The molecule has 128 valence electrons. The van der Waals surface area contributed by atoms with Gasteiger partial charge in [0.25, 0.3) is 5.91 Å². The standard InChI is InChI=1S/C15H18ClFN6O/c1-8(2)12-11(17)13(24)21-15(20-12)23-6-10(7-23)22(3)14-18-4-9(16)5-19-14/h4-5,8,10-11H,6-7H2,1-3H3. The molecular weight excluding hydrogens is 335 g/mol. The van der Waals surface area contributed by atoms with Crippen molar-refractivity contribution < 1.29 is 9.18 Å². The van der Waals surface area contributed by atoms with Crippen molar-refractivity contribution in [2.24, 2.45) is 15.9 Å². The third-order valence-corrected chi connectivity index (χ3v) is 4.32. The minimum atomic E-state index is -1.73. The number of alkyl halides is 1. The maximum atomic E-state index is 13.9. The number of amides is 1. The minimum Gasteiger partial charge on any atom is -0.337 e. The van der Waals surface area contributed by atoms with Crippen LogP contribution in [0.2, 0.25) is 5.02 Å². The van der Waals surface area contributed by atoms with Crippen molar-refractivity contribution in [2.75, 3.05) is 25.0 Å². The molecule has 1 unspecified atom stereocenters. The van der Waals surface area contributed by atoms with Gasteiger partial charge in [0.1, 0.15) is 0 Å². The highest BCUT2D eigenvalue weighted by molar-refractivity contribution is 6.30. The van der Waals surface area contributed by atoms with E-state index in [1.807, 2.05) is 30.7 Å². The number of hydrogen-bond acceptors (Lipinski definition) is 6. The van der Waals surface area contributed by atoms with E-state index in [1.165, 1.54) is 0 Å². The van der Waals surface area contributed by atoms with Gasteiger partial charge in [-0.1, -0.05) is 25.4 Å². The molecule has 0 saturated carbocycles. The van der Waals surface area contributed by atoms with Crippen LogP contribution in [0.3, 0.4) is 0 Å². The molecule has 0 N–H and O–H groups in total. The average molecular weight is 353 g/mol. The van der Waals surface area contributed by atoms with Crippen LogP contribution >= 0.6 is 11.6 Å². The molecule has 1 aromatic heterocycles. The summed E-state index contributed by atoms with van der Waals surface area (Å²) < 4.78 is 13.9. The van der Waals surface area contributed by atoms with Crippen LogP contribution in [0, 0.1) is 5.92 Å². The van der Waals surface area contributed by atoms with E-state index < -0.39 is 12.1 Å². The topological polar surface area (TPSA) is 74.1 Å². The number of likely N-dealkylation sites (N-methyl/N-ethyl adjacent to an activating group) is 1. The number of halogens is 2. The van der Waals surface area contributed by atoms with Crippen molar-refractivity contribution in [3.8, 4) is 0 Å². The van der Waals surface area contributed by atoms with Crippen molar-refractivity contribution >= 4 is 35.1 Å². The maximum Gasteiger partial charge on any atom is 0.289 e. The molecule has 1 aromatic rings. The molecule has 2 aliphatic heterocycles. The van der Waals surface area contributed by atoms with Crippen LogP contribution in [-0.4, -0.2) is 64.8 Å². The van der Waals surface area contributed by atoms with E-state index in [-0.39, 0.29) is 17.7 Å². The summed E-state index contributed by atoms with van der Waals surface area (Å²) >= 11 is 5.79. The molecule has 1 saturated heterocycles. The van der Waals surface area contributed by atoms with Gasteiger partial charge >= 0.3 is 0 Å². The Morgan fingerprint density at radius 2 is 1.92 bits per heavy atom. The summed E-state index contributed by atoms with van der Waals surface area (Å²) in [5.74, 6) is -0.0571. The first-order valence-corrected chi connectivity index (χ1v) is 8.05. The Morgan fingerprint density at radius 3 is 2.50 bits per heavy atom. The molecule has 1 fully saturated rings. The SMILES string of the molecule is CC(C)C1=NC(N2CC(N(C)c3ncc(Cl)cn3)C2)=NC(=O)C1F. The Hall–Kier alpha value is -2.09. The molecule has 0 radical (unpaired) electrons. The van der Waals surface area contributed by atoms with Gasteiger partial charge < -0.3 is 9.80 Å². The fourth-order valence-electron chi connectivity index (χ4n) is 2.56. The van der Waals surface area contributed by atoms with Crippen molar-refractivity contribution in [1.82, 2.24) is 14.9 Å². The Bertz CT molecular complexity index is 698. The molecule has 3 heterocycles. The molecule has 3 rings (SSSR count). The number of hydrogen-bond donors (Lipinski definition) is 0. The Labute approximate surface area is 144 Å². The highest BCUT2D eigenvalue weighted by Crippen LogP contribution is 2.22. The first-order chi connectivity index (χ1) is 11.4. The van der Waals surface area contributed by atoms with E-state index in [2.05, 4.69) is 20.0 Å². The lowest BCUT2D eigenvalue weighted by Crippen LogP contribution is -2.61. The number of aliphatic imine (C=N–C) groups is 2. The monoisotopic (exact) mass is 352 g/mol. The zero-order valence-corrected chi connectivity index (χ0v) is 14.4. The Morgan fingerprint density at radius 1 is 1.29 bits per heavy atom. The zero-order valence-electron chi connectivity index (χ0n) is 13.6. The molecule has 0 aliphatic carbocycles. The number of anilines is 1. The molecule has 0 spiro atoms. The van der Waals surface area contributed by atoms with Crippen LogP contribution in [0.1, 0.15) is 13.8 Å². The number of aromatic nitrogens is 2. The van der Waals surface area contributed by atoms with Crippen LogP contribution in [0.4, 0.5) is 10.3 Å². The average Bonchev–Trinajstić information content (AvgIpc) is 2.49. The van der Waals surface area contributed by atoms with Crippen LogP contribution in [0.15, 0.2) is 22.4 Å². The van der Waals surface area contributed by atoms with E-state index in [9.17, 15) is 9.18 Å². The molecule has 24 heavy (non-hydrogen) atoms. The van der Waals surface area contributed by atoms with Gasteiger partial charge in [0.15, 0.2) is 0 Å². The van der Waals surface area contributed by atoms with Crippen molar-refractivity contribution in [3.63, 3.8) is 0 Å². The van der Waals surface area contributed by atoms with Crippen LogP contribution < -0.4 is 4.90 Å². The molecule has 0 aromatic carbocycles. The quantitative estimate of drug-likeness (QED) is 0.825. The lowest BCUT2D eigenvalue weighted by molar-refractivity contribution is -0.120. The summed E-state index contributed by atoms with van der Waals surface area (Å²) in [5, 5.41) is 0.480. The minimum absolute atomic E-state index is 0.142. The lowest BCUT2D eigenvalue weighted by atomic mass is 10.0. The molecule has 1 amide bonds. The van der Waals surface area contributed by atoms with Crippen LogP contribution in [-0.2, 0) is 4.79 Å². The number of carbonyl (C=O) groups is 1. The van der Waals surface area contributed by atoms with Gasteiger partial charge in [0, 0.05) is 20.1 Å². The summed E-state index contributed by atoms with van der Waals surface area (Å²) in [5.41, 5.74) is 0.239. The van der Waals surface area contributed by atoms with Gasteiger partial charge in [-0.3, -0.25) is 4.79 Å². The molecule has 7 nitrogen and oxygen atoms in total. The summed E-state index contributed by atoms with van der Waals surface area (Å²) in [6.07, 6.45) is 1.36. The molecule has 0 bridgehead atoms. The Kier molecular flexibility index (Phi) is 4.49. The lowest BCUT2D eigenvalue weighted by Gasteiger charge is -2.44.